The number of hydrogen-bond acceptors (Lipinski definition) is 9. The van der Waals surface area contributed by atoms with Crippen molar-refractivity contribution in [2.45, 2.75) is 19.1 Å². The molecular weight excluding hydrogens is 365 g/mol. The standard InChI is InChI=1S/C15H16N3O7P/c16-12-5-6-18(15(19)17-12)13-8-21-14(24-13)9-23-26(20)22-7-10-3-1-2-4-11(10)25-26/h1-6,13-14H,7-9H2,(H2,16,17,19). The SMILES string of the molecule is Nc1ccn(C2COC(COP3(=O)OCc4ccccc4O3)O2)c(=O)n1. The van der Waals surface area contributed by atoms with Crippen LogP contribution in [0.5, 0.6) is 5.75 Å². The molecule has 10 nitrogen and oxygen atoms in total. The third-order valence-corrected chi connectivity index (χ3v) is 5.16. The number of nitrogens with zero attached hydrogens (tertiary/aromatic N) is 2. The number of ether oxygens (including phenoxy) is 2. The van der Waals surface area contributed by atoms with Crippen molar-refractivity contribution in [3.05, 3.63) is 52.6 Å². The van der Waals surface area contributed by atoms with Crippen LogP contribution in [0, 0.1) is 0 Å². The van der Waals surface area contributed by atoms with Gasteiger partial charge in [0.2, 0.25) is 0 Å². The largest absolute Gasteiger partial charge is 0.530 e. The van der Waals surface area contributed by atoms with E-state index in [0.29, 0.717) is 5.75 Å². The first-order chi connectivity index (χ1) is 12.5. The lowest BCUT2D eigenvalue weighted by molar-refractivity contribution is -0.0986. The van der Waals surface area contributed by atoms with Gasteiger partial charge >= 0.3 is 13.5 Å². The fourth-order valence-electron chi connectivity index (χ4n) is 2.55. The van der Waals surface area contributed by atoms with Crippen molar-refractivity contribution in [1.82, 2.24) is 9.55 Å². The Morgan fingerprint density at radius 3 is 3.04 bits per heavy atom. The molecule has 3 unspecified atom stereocenters. The number of nitrogen functional groups attached to an aromatic ring is 1. The van der Waals surface area contributed by atoms with Gasteiger partial charge in [0.1, 0.15) is 18.2 Å². The third kappa shape index (κ3) is 3.50. The molecule has 1 saturated heterocycles. The predicted molar refractivity (Wildman–Crippen MR) is 88.2 cm³/mol. The van der Waals surface area contributed by atoms with Crippen molar-refractivity contribution in [2.75, 3.05) is 18.9 Å². The first-order valence-corrected chi connectivity index (χ1v) is 9.27. The lowest BCUT2D eigenvalue weighted by Gasteiger charge is -2.25. The molecular formula is C15H16N3O7P. The molecule has 26 heavy (non-hydrogen) atoms. The second-order valence-corrected chi connectivity index (χ2v) is 7.20. The topological polar surface area (TPSA) is 124 Å². The number of benzene rings is 1. The van der Waals surface area contributed by atoms with Gasteiger partial charge in [-0.05, 0) is 12.1 Å². The summed E-state index contributed by atoms with van der Waals surface area (Å²) in [5, 5.41) is 0. The molecule has 0 spiro atoms. The number of aromatic nitrogens is 2. The third-order valence-electron chi connectivity index (χ3n) is 3.82. The molecule has 3 atom stereocenters. The zero-order valence-electron chi connectivity index (χ0n) is 13.5. The maximum absolute atomic E-state index is 12.5. The average Bonchev–Trinajstić information content (AvgIpc) is 3.09. The van der Waals surface area contributed by atoms with Crippen molar-refractivity contribution >= 4 is 13.6 Å². The van der Waals surface area contributed by atoms with E-state index in [4.69, 9.17) is 28.8 Å². The minimum atomic E-state index is -3.76. The Labute approximate surface area is 148 Å². The Balaban J connectivity index is 1.36. The summed E-state index contributed by atoms with van der Waals surface area (Å²) in [4.78, 5) is 15.5. The second kappa shape index (κ2) is 6.82. The van der Waals surface area contributed by atoms with E-state index in [9.17, 15) is 9.36 Å². The quantitative estimate of drug-likeness (QED) is 0.783. The van der Waals surface area contributed by atoms with Gasteiger partial charge in [-0.1, -0.05) is 18.2 Å². The first kappa shape index (κ1) is 17.2. The molecule has 3 heterocycles. The van der Waals surface area contributed by atoms with Crippen LogP contribution in [-0.2, 0) is 29.7 Å². The van der Waals surface area contributed by atoms with Gasteiger partial charge in [0.15, 0.2) is 12.5 Å². The van der Waals surface area contributed by atoms with Crippen LogP contribution in [0.1, 0.15) is 11.8 Å². The fourth-order valence-corrected chi connectivity index (χ4v) is 3.75. The minimum absolute atomic E-state index is 0.106. The van der Waals surface area contributed by atoms with Gasteiger partial charge in [-0.3, -0.25) is 13.6 Å². The average molecular weight is 381 g/mol. The van der Waals surface area contributed by atoms with Crippen LogP contribution in [0.4, 0.5) is 5.82 Å². The second-order valence-electron chi connectivity index (χ2n) is 5.61. The lowest BCUT2D eigenvalue weighted by Crippen LogP contribution is -2.28. The Kier molecular flexibility index (Phi) is 4.51. The van der Waals surface area contributed by atoms with E-state index in [1.165, 1.54) is 16.8 Å². The van der Waals surface area contributed by atoms with E-state index in [-0.39, 0.29) is 25.6 Å². The van der Waals surface area contributed by atoms with Crippen LogP contribution >= 0.6 is 7.82 Å². The molecule has 0 saturated carbocycles. The van der Waals surface area contributed by atoms with Gasteiger partial charge in [0, 0.05) is 11.8 Å². The Morgan fingerprint density at radius 1 is 1.35 bits per heavy atom. The number of nitrogens with two attached hydrogens (primary N) is 1. The van der Waals surface area contributed by atoms with Crippen LogP contribution < -0.4 is 15.9 Å². The summed E-state index contributed by atoms with van der Waals surface area (Å²) in [5.41, 5.74) is 5.69. The van der Waals surface area contributed by atoms with E-state index < -0.39 is 26.0 Å². The number of fused-ring (bicyclic) bond motifs is 1. The molecule has 2 aromatic rings. The van der Waals surface area contributed by atoms with Gasteiger partial charge in [-0.15, -0.1) is 0 Å². The monoisotopic (exact) mass is 381 g/mol. The van der Waals surface area contributed by atoms with Gasteiger partial charge in [-0.2, -0.15) is 4.98 Å². The van der Waals surface area contributed by atoms with Gasteiger partial charge in [0.05, 0.1) is 13.2 Å². The molecule has 138 valence electrons. The summed E-state index contributed by atoms with van der Waals surface area (Å²) < 4.78 is 40.6. The van der Waals surface area contributed by atoms with E-state index >= 15 is 0 Å². The molecule has 2 aliphatic rings. The maximum atomic E-state index is 12.5. The molecule has 2 N–H and O–H groups in total. The predicted octanol–water partition coefficient (Wildman–Crippen LogP) is 1.43. The highest BCUT2D eigenvalue weighted by molar-refractivity contribution is 7.49. The summed E-state index contributed by atoms with van der Waals surface area (Å²) in [6.07, 6.45) is -0.0485. The smallest absolute Gasteiger partial charge is 0.404 e. The first-order valence-electron chi connectivity index (χ1n) is 7.81. The molecule has 2 aliphatic heterocycles. The van der Waals surface area contributed by atoms with Crippen LogP contribution in [-0.4, -0.2) is 29.1 Å². The van der Waals surface area contributed by atoms with E-state index in [1.807, 2.05) is 12.1 Å². The highest BCUT2D eigenvalue weighted by atomic mass is 31.2. The maximum Gasteiger partial charge on any atom is 0.530 e. The molecule has 4 rings (SSSR count). The normalized spacial score (nSPS) is 27.7. The number of para-hydroxylation sites is 1. The fraction of sp³-hybridized carbons (Fsp3) is 0.333. The minimum Gasteiger partial charge on any atom is -0.404 e. The van der Waals surface area contributed by atoms with Crippen LogP contribution in [0.2, 0.25) is 0 Å². The summed E-state index contributed by atoms with van der Waals surface area (Å²) in [6, 6.07) is 8.57. The van der Waals surface area contributed by atoms with Crippen molar-refractivity contribution in [3.8, 4) is 5.75 Å². The molecule has 11 heteroatoms. The van der Waals surface area contributed by atoms with Gasteiger partial charge in [-0.25, -0.2) is 9.36 Å². The van der Waals surface area contributed by atoms with E-state index in [2.05, 4.69) is 4.98 Å². The zero-order valence-corrected chi connectivity index (χ0v) is 14.4. The van der Waals surface area contributed by atoms with Crippen LogP contribution in [0.3, 0.4) is 0 Å². The van der Waals surface area contributed by atoms with Crippen molar-refractivity contribution < 1.29 is 27.6 Å². The Hall–Kier alpha value is -2.23. The summed E-state index contributed by atoms with van der Waals surface area (Å²) in [6.45, 7) is 0.0381. The van der Waals surface area contributed by atoms with Crippen molar-refractivity contribution in [3.63, 3.8) is 0 Å². The van der Waals surface area contributed by atoms with Crippen molar-refractivity contribution in [1.29, 1.82) is 0 Å². The molecule has 1 aromatic carbocycles. The Bertz CT molecular complexity index is 918. The molecule has 1 aromatic heterocycles. The molecule has 0 aliphatic carbocycles. The van der Waals surface area contributed by atoms with Crippen LogP contribution in [0.15, 0.2) is 41.3 Å². The summed E-state index contributed by atoms with van der Waals surface area (Å²) in [7, 11) is -3.76. The molecule has 1 fully saturated rings. The van der Waals surface area contributed by atoms with Gasteiger partial charge in [0.25, 0.3) is 0 Å². The number of rotatable bonds is 4. The number of phosphoric ester groups is 1. The number of phosphoric acid groups is 1. The molecule has 0 bridgehead atoms. The van der Waals surface area contributed by atoms with E-state index in [0.717, 1.165) is 5.56 Å². The molecule has 0 radical (unpaired) electrons. The lowest BCUT2D eigenvalue weighted by atomic mass is 10.2. The number of anilines is 1. The van der Waals surface area contributed by atoms with Crippen molar-refractivity contribution in [2.24, 2.45) is 0 Å². The summed E-state index contributed by atoms with van der Waals surface area (Å²) >= 11 is 0. The highest BCUT2D eigenvalue weighted by Gasteiger charge is 2.37. The Morgan fingerprint density at radius 2 is 2.19 bits per heavy atom. The number of hydrogen-bond donors (Lipinski definition) is 1. The highest BCUT2D eigenvalue weighted by Crippen LogP contribution is 2.54. The van der Waals surface area contributed by atoms with Gasteiger partial charge < -0.3 is 19.7 Å². The summed E-state index contributed by atoms with van der Waals surface area (Å²) in [5.74, 6) is 0.572. The van der Waals surface area contributed by atoms with E-state index in [1.54, 1.807) is 12.1 Å². The zero-order chi connectivity index (χ0) is 18.1. The van der Waals surface area contributed by atoms with Crippen LogP contribution in [0.25, 0.3) is 0 Å². The molecule has 0 amide bonds.